The lowest BCUT2D eigenvalue weighted by atomic mass is 10.0. The van der Waals surface area contributed by atoms with Gasteiger partial charge in [0.2, 0.25) is 0 Å². The standard InChI is InChI=1S/C16H14N4S/c1-10-4-6-21-15(10)12-7-14(11-3-5-20(2)9-11)19-16(18)13(12)8-17/h3-7,9H,1-2H3,(H2,18,19). The average Bonchev–Trinajstić information content (AvgIpc) is 3.06. The molecule has 3 aromatic rings. The van der Waals surface area contributed by atoms with Gasteiger partial charge in [0.15, 0.2) is 0 Å². The molecular formula is C16H14N4S. The van der Waals surface area contributed by atoms with Crippen LogP contribution in [0.15, 0.2) is 36.0 Å². The van der Waals surface area contributed by atoms with Crippen molar-refractivity contribution < 1.29 is 0 Å². The van der Waals surface area contributed by atoms with E-state index in [0.717, 1.165) is 27.3 Å². The number of rotatable bonds is 2. The van der Waals surface area contributed by atoms with Crippen LogP contribution < -0.4 is 5.73 Å². The number of anilines is 1. The molecule has 104 valence electrons. The number of thiophene rings is 1. The first kappa shape index (κ1) is 13.4. The average molecular weight is 294 g/mol. The van der Waals surface area contributed by atoms with Crippen LogP contribution in [0.25, 0.3) is 21.7 Å². The van der Waals surface area contributed by atoms with Crippen molar-refractivity contribution >= 4 is 17.2 Å². The highest BCUT2D eigenvalue weighted by Gasteiger charge is 2.16. The number of nitrogens with zero attached hydrogens (tertiary/aromatic N) is 3. The van der Waals surface area contributed by atoms with Crippen molar-refractivity contribution in [2.75, 3.05) is 5.73 Å². The zero-order valence-electron chi connectivity index (χ0n) is 11.8. The van der Waals surface area contributed by atoms with Crippen LogP contribution in [-0.4, -0.2) is 9.55 Å². The predicted octanol–water partition coefficient (Wildman–Crippen LogP) is 3.58. The quantitative estimate of drug-likeness (QED) is 0.785. The Balaban J connectivity index is 2.25. The first-order valence-electron chi connectivity index (χ1n) is 6.47. The van der Waals surface area contributed by atoms with E-state index in [1.165, 1.54) is 0 Å². The molecule has 3 rings (SSSR count). The molecule has 0 fully saturated rings. The highest BCUT2D eigenvalue weighted by molar-refractivity contribution is 7.13. The molecule has 2 N–H and O–H groups in total. The molecule has 0 radical (unpaired) electrons. The van der Waals surface area contributed by atoms with Crippen LogP contribution >= 0.6 is 11.3 Å². The summed E-state index contributed by atoms with van der Waals surface area (Å²) in [6.45, 7) is 2.03. The second kappa shape index (κ2) is 5.08. The molecular weight excluding hydrogens is 280 g/mol. The molecule has 4 nitrogen and oxygen atoms in total. The first-order chi connectivity index (χ1) is 10.1. The SMILES string of the molecule is Cc1ccsc1-c1cc(-c2ccn(C)c2)nc(N)c1C#N. The van der Waals surface area contributed by atoms with Gasteiger partial charge in [-0.25, -0.2) is 4.98 Å². The van der Waals surface area contributed by atoms with E-state index in [9.17, 15) is 5.26 Å². The maximum atomic E-state index is 9.39. The molecule has 0 bridgehead atoms. The lowest BCUT2D eigenvalue weighted by molar-refractivity contribution is 0.928. The molecule has 5 heteroatoms. The van der Waals surface area contributed by atoms with Crippen LogP contribution in [0.3, 0.4) is 0 Å². The molecule has 0 amide bonds. The predicted molar refractivity (Wildman–Crippen MR) is 85.8 cm³/mol. The zero-order valence-corrected chi connectivity index (χ0v) is 12.6. The van der Waals surface area contributed by atoms with E-state index >= 15 is 0 Å². The number of nitrogens with two attached hydrogens (primary N) is 1. The molecule has 0 spiro atoms. The van der Waals surface area contributed by atoms with Gasteiger partial charge in [0.1, 0.15) is 17.5 Å². The Labute approximate surface area is 127 Å². The van der Waals surface area contributed by atoms with Gasteiger partial charge >= 0.3 is 0 Å². The Kier molecular flexibility index (Phi) is 3.24. The minimum Gasteiger partial charge on any atom is -0.383 e. The lowest BCUT2D eigenvalue weighted by Gasteiger charge is -2.08. The van der Waals surface area contributed by atoms with Crippen LogP contribution in [0.2, 0.25) is 0 Å². The largest absolute Gasteiger partial charge is 0.383 e. The van der Waals surface area contributed by atoms with E-state index in [0.29, 0.717) is 5.56 Å². The second-order valence-electron chi connectivity index (χ2n) is 4.93. The minimum absolute atomic E-state index is 0.279. The van der Waals surface area contributed by atoms with Crippen molar-refractivity contribution in [3.8, 4) is 27.8 Å². The molecule has 21 heavy (non-hydrogen) atoms. The lowest BCUT2D eigenvalue weighted by Crippen LogP contribution is -1.99. The van der Waals surface area contributed by atoms with Crippen LogP contribution in [-0.2, 0) is 7.05 Å². The Bertz CT molecular complexity index is 852. The third-order valence-electron chi connectivity index (χ3n) is 3.39. The van der Waals surface area contributed by atoms with Crippen molar-refractivity contribution in [3.63, 3.8) is 0 Å². The molecule has 0 aromatic carbocycles. The van der Waals surface area contributed by atoms with Crippen molar-refractivity contribution in [1.29, 1.82) is 5.26 Å². The minimum atomic E-state index is 0.279. The van der Waals surface area contributed by atoms with Gasteiger partial charge < -0.3 is 10.3 Å². The maximum Gasteiger partial charge on any atom is 0.142 e. The fourth-order valence-corrected chi connectivity index (χ4v) is 3.26. The zero-order chi connectivity index (χ0) is 15.0. The molecule has 3 heterocycles. The van der Waals surface area contributed by atoms with Crippen molar-refractivity contribution in [2.45, 2.75) is 6.92 Å². The van der Waals surface area contributed by atoms with Crippen molar-refractivity contribution in [1.82, 2.24) is 9.55 Å². The summed E-state index contributed by atoms with van der Waals surface area (Å²) in [5, 5.41) is 11.4. The number of nitriles is 1. The molecule has 0 aliphatic heterocycles. The van der Waals surface area contributed by atoms with Crippen molar-refractivity contribution in [3.05, 3.63) is 47.1 Å². The highest BCUT2D eigenvalue weighted by Crippen LogP contribution is 2.35. The van der Waals surface area contributed by atoms with E-state index in [4.69, 9.17) is 5.73 Å². The van der Waals surface area contributed by atoms with E-state index in [-0.39, 0.29) is 5.82 Å². The Morgan fingerprint density at radius 1 is 1.38 bits per heavy atom. The van der Waals surface area contributed by atoms with Gasteiger partial charge in [-0.2, -0.15) is 5.26 Å². The van der Waals surface area contributed by atoms with Gasteiger partial charge in [0.25, 0.3) is 0 Å². The summed E-state index contributed by atoms with van der Waals surface area (Å²) in [4.78, 5) is 5.44. The topological polar surface area (TPSA) is 67.6 Å². The smallest absolute Gasteiger partial charge is 0.142 e. The molecule has 0 aliphatic carbocycles. The number of hydrogen-bond acceptors (Lipinski definition) is 4. The number of aromatic nitrogens is 2. The Hall–Kier alpha value is -2.58. The summed E-state index contributed by atoms with van der Waals surface area (Å²) in [5.74, 6) is 0.279. The highest BCUT2D eigenvalue weighted by atomic mass is 32.1. The van der Waals surface area contributed by atoms with E-state index in [2.05, 4.69) is 11.1 Å². The van der Waals surface area contributed by atoms with Gasteiger partial charge in [-0.1, -0.05) is 0 Å². The normalized spacial score (nSPS) is 10.5. The molecule has 0 aliphatic rings. The molecule has 0 saturated carbocycles. The van der Waals surface area contributed by atoms with Crippen LogP contribution in [0, 0.1) is 18.3 Å². The van der Waals surface area contributed by atoms with Crippen LogP contribution in [0.1, 0.15) is 11.1 Å². The summed E-state index contributed by atoms with van der Waals surface area (Å²) in [5.41, 5.74) is 10.2. The molecule has 3 aromatic heterocycles. The Morgan fingerprint density at radius 2 is 2.19 bits per heavy atom. The molecule has 0 saturated heterocycles. The van der Waals surface area contributed by atoms with Gasteiger partial charge in [0, 0.05) is 35.4 Å². The maximum absolute atomic E-state index is 9.39. The van der Waals surface area contributed by atoms with Gasteiger partial charge in [-0.15, -0.1) is 11.3 Å². The van der Waals surface area contributed by atoms with E-state index in [1.807, 2.05) is 54.5 Å². The van der Waals surface area contributed by atoms with E-state index in [1.54, 1.807) is 11.3 Å². The van der Waals surface area contributed by atoms with Gasteiger partial charge in [0.05, 0.1) is 5.69 Å². The third-order valence-corrected chi connectivity index (χ3v) is 4.44. The Morgan fingerprint density at radius 3 is 2.76 bits per heavy atom. The second-order valence-corrected chi connectivity index (χ2v) is 5.84. The number of nitrogen functional groups attached to an aromatic ring is 1. The summed E-state index contributed by atoms with van der Waals surface area (Å²) in [6.07, 6.45) is 3.94. The van der Waals surface area contributed by atoms with Gasteiger partial charge in [-0.3, -0.25) is 0 Å². The van der Waals surface area contributed by atoms with Gasteiger partial charge in [-0.05, 0) is 36.1 Å². The summed E-state index contributed by atoms with van der Waals surface area (Å²) >= 11 is 1.61. The third kappa shape index (κ3) is 2.30. The summed E-state index contributed by atoms with van der Waals surface area (Å²) < 4.78 is 1.96. The fraction of sp³-hybridized carbons (Fsp3) is 0.125. The monoisotopic (exact) mass is 294 g/mol. The van der Waals surface area contributed by atoms with Crippen molar-refractivity contribution in [2.24, 2.45) is 7.05 Å². The summed E-state index contributed by atoms with van der Waals surface area (Å²) in [6, 6.07) is 8.15. The van der Waals surface area contributed by atoms with Crippen LogP contribution in [0.4, 0.5) is 5.82 Å². The first-order valence-corrected chi connectivity index (χ1v) is 7.35. The molecule has 0 atom stereocenters. The number of pyridine rings is 1. The van der Waals surface area contributed by atoms with E-state index < -0.39 is 0 Å². The fourth-order valence-electron chi connectivity index (χ4n) is 2.31. The van der Waals surface area contributed by atoms with Crippen LogP contribution in [0.5, 0.6) is 0 Å². The number of aryl methyl sites for hydroxylation is 2. The number of hydrogen-bond donors (Lipinski definition) is 1. The summed E-state index contributed by atoms with van der Waals surface area (Å²) in [7, 11) is 1.96. The molecule has 0 unspecified atom stereocenters.